The fourth-order valence-corrected chi connectivity index (χ4v) is 9.88. The van der Waals surface area contributed by atoms with Gasteiger partial charge in [-0.1, -0.05) is 170 Å². The van der Waals surface area contributed by atoms with Gasteiger partial charge in [-0.2, -0.15) is 0 Å². The zero-order valence-electron chi connectivity index (χ0n) is 38.5. The van der Waals surface area contributed by atoms with Crippen LogP contribution in [0.5, 0.6) is 0 Å². The van der Waals surface area contributed by atoms with Crippen LogP contribution in [-0.2, 0) is 0 Å². The zero-order chi connectivity index (χ0) is 46.6. The predicted molar refractivity (Wildman–Crippen MR) is 296 cm³/mol. The molecule has 12 aromatic rings. The first-order valence-corrected chi connectivity index (χ1v) is 23.8. The van der Waals surface area contributed by atoms with Crippen LogP contribution in [0.4, 0.5) is 51.2 Å². The van der Waals surface area contributed by atoms with E-state index >= 15 is 0 Å². The van der Waals surface area contributed by atoms with E-state index in [2.05, 4.69) is 310 Å². The van der Waals surface area contributed by atoms with Crippen molar-refractivity contribution in [2.24, 2.45) is 0 Å². The van der Waals surface area contributed by atoms with E-state index in [4.69, 9.17) is 0 Å². The Labute approximate surface area is 409 Å². The maximum absolute atomic E-state index is 2.41. The number of fused-ring (bicyclic) bond motifs is 3. The Morgan fingerprint density at radius 1 is 0.200 bits per heavy atom. The lowest BCUT2D eigenvalue weighted by Gasteiger charge is -2.30. The lowest BCUT2D eigenvalue weighted by atomic mass is 10.0. The van der Waals surface area contributed by atoms with Crippen molar-refractivity contribution in [1.82, 2.24) is 4.57 Å². The number of anilines is 9. The molecule has 0 amide bonds. The van der Waals surface area contributed by atoms with Crippen molar-refractivity contribution >= 4 is 73.0 Å². The molecule has 332 valence electrons. The smallest absolute Gasteiger partial charge is 0.0561 e. The van der Waals surface area contributed by atoms with Crippen molar-refractivity contribution in [2.45, 2.75) is 0 Å². The van der Waals surface area contributed by atoms with Gasteiger partial charge in [0.15, 0.2) is 0 Å². The van der Waals surface area contributed by atoms with Crippen molar-refractivity contribution in [3.05, 3.63) is 291 Å². The summed E-state index contributed by atoms with van der Waals surface area (Å²) < 4.78 is 2.41. The van der Waals surface area contributed by atoms with Crippen molar-refractivity contribution < 1.29 is 0 Å². The molecule has 4 nitrogen and oxygen atoms in total. The van der Waals surface area contributed by atoms with Crippen LogP contribution in [0.1, 0.15) is 0 Å². The largest absolute Gasteiger partial charge is 0.310 e. The van der Waals surface area contributed by atoms with Gasteiger partial charge in [-0.25, -0.2) is 0 Å². The van der Waals surface area contributed by atoms with Gasteiger partial charge < -0.3 is 19.3 Å². The molecule has 0 atom stereocenters. The molecular weight excluding hydrogens is 849 g/mol. The normalized spacial score (nSPS) is 11.1. The summed E-state index contributed by atoms with van der Waals surface area (Å²) in [5.41, 5.74) is 17.6. The molecule has 70 heavy (non-hydrogen) atoms. The van der Waals surface area contributed by atoms with Gasteiger partial charge >= 0.3 is 0 Å². The maximum atomic E-state index is 2.41. The number of para-hydroxylation sites is 6. The summed E-state index contributed by atoms with van der Waals surface area (Å²) in [5.74, 6) is 0. The molecule has 0 N–H and O–H groups in total. The molecule has 0 aliphatic rings. The minimum absolute atomic E-state index is 1.04. The first-order valence-electron chi connectivity index (χ1n) is 23.8. The minimum atomic E-state index is 1.04. The molecule has 12 rings (SSSR count). The topological polar surface area (TPSA) is 14.7 Å². The fourth-order valence-electron chi connectivity index (χ4n) is 9.88. The first-order chi connectivity index (χ1) is 34.7. The standard InChI is InChI=1S/C66H48N4/c1-7-22-49(23-8-1)50-38-40-58(41-39-50)70-65-37-20-19-36-63(65)64-43-42-60(48-66(64)70)69(57-33-17-6-18-34-57)59-35-21-24-51(44-59)52-45-61(67(53-25-9-2-10-26-53)54-27-11-3-12-28-54)47-62(46-52)68(55-29-13-4-14-30-55)56-31-15-5-16-32-56/h1-48H. The summed E-state index contributed by atoms with van der Waals surface area (Å²) in [6.07, 6.45) is 0. The van der Waals surface area contributed by atoms with E-state index in [1.54, 1.807) is 0 Å². The van der Waals surface area contributed by atoms with E-state index in [1.807, 2.05) is 0 Å². The van der Waals surface area contributed by atoms with E-state index in [-0.39, 0.29) is 0 Å². The summed E-state index contributed by atoms with van der Waals surface area (Å²) >= 11 is 0. The van der Waals surface area contributed by atoms with Crippen molar-refractivity contribution in [3.63, 3.8) is 0 Å². The number of benzene rings is 11. The number of rotatable bonds is 12. The Morgan fingerprint density at radius 2 is 0.571 bits per heavy atom. The van der Waals surface area contributed by atoms with Crippen molar-refractivity contribution in [1.29, 1.82) is 0 Å². The Kier molecular flexibility index (Phi) is 11.2. The van der Waals surface area contributed by atoms with Gasteiger partial charge in [0.2, 0.25) is 0 Å². The molecule has 0 spiro atoms. The van der Waals surface area contributed by atoms with E-state index < -0.39 is 0 Å². The van der Waals surface area contributed by atoms with Crippen LogP contribution in [0, 0.1) is 0 Å². The van der Waals surface area contributed by atoms with Gasteiger partial charge in [0.05, 0.1) is 11.0 Å². The number of hydrogen-bond donors (Lipinski definition) is 0. The summed E-state index contributed by atoms with van der Waals surface area (Å²) in [6, 6.07) is 104. The van der Waals surface area contributed by atoms with Gasteiger partial charge in [-0.15, -0.1) is 0 Å². The highest BCUT2D eigenvalue weighted by molar-refractivity contribution is 6.10. The van der Waals surface area contributed by atoms with E-state index in [1.165, 1.54) is 27.4 Å². The molecule has 4 heteroatoms. The second kappa shape index (κ2) is 18.7. The number of aromatic nitrogens is 1. The molecule has 0 aliphatic carbocycles. The number of hydrogen-bond acceptors (Lipinski definition) is 3. The van der Waals surface area contributed by atoms with Crippen LogP contribution < -0.4 is 14.7 Å². The highest BCUT2D eigenvalue weighted by Crippen LogP contribution is 2.45. The monoisotopic (exact) mass is 896 g/mol. The average molecular weight is 897 g/mol. The Balaban J connectivity index is 1.03. The highest BCUT2D eigenvalue weighted by atomic mass is 15.2. The summed E-state index contributed by atoms with van der Waals surface area (Å²) in [7, 11) is 0. The molecule has 1 aromatic heterocycles. The lowest BCUT2D eigenvalue weighted by molar-refractivity contribution is 1.18. The van der Waals surface area contributed by atoms with E-state index in [0.717, 1.165) is 73.5 Å². The molecule has 11 aromatic carbocycles. The minimum Gasteiger partial charge on any atom is -0.310 e. The average Bonchev–Trinajstić information content (AvgIpc) is 3.77. The highest BCUT2D eigenvalue weighted by Gasteiger charge is 2.22. The molecule has 0 saturated carbocycles. The van der Waals surface area contributed by atoms with Crippen molar-refractivity contribution in [3.8, 4) is 27.9 Å². The summed E-state index contributed by atoms with van der Waals surface area (Å²) in [4.78, 5) is 7.09. The van der Waals surface area contributed by atoms with Gasteiger partial charge in [0, 0.05) is 67.6 Å². The molecular formula is C66H48N4. The third-order valence-corrected chi connectivity index (χ3v) is 13.1. The number of nitrogens with zero attached hydrogens (tertiary/aromatic N) is 4. The molecule has 0 saturated heterocycles. The molecule has 0 bridgehead atoms. The molecule has 0 aliphatic heterocycles. The zero-order valence-corrected chi connectivity index (χ0v) is 38.5. The van der Waals surface area contributed by atoms with Gasteiger partial charge in [-0.3, -0.25) is 0 Å². The summed E-state index contributed by atoms with van der Waals surface area (Å²) in [5, 5.41) is 2.43. The van der Waals surface area contributed by atoms with Crippen LogP contribution in [-0.4, -0.2) is 4.57 Å². The van der Waals surface area contributed by atoms with E-state index in [9.17, 15) is 0 Å². The van der Waals surface area contributed by atoms with Crippen LogP contribution in [0.2, 0.25) is 0 Å². The van der Waals surface area contributed by atoms with E-state index in [0.29, 0.717) is 0 Å². The van der Waals surface area contributed by atoms with Gasteiger partial charge in [0.25, 0.3) is 0 Å². The Morgan fingerprint density at radius 3 is 1.09 bits per heavy atom. The summed E-state index contributed by atoms with van der Waals surface area (Å²) in [6.45, 7) is 0. The second-order valence-corrected chi connectivity index (χ2v) is 17.4. The Hall–Kier alpha value is -9.38. The quantitative estimate of drug-likeness (QED) is 0.121. The van der Waals surface area contributed by atoms with Crippen LogP contribution in [0.25, 0.3) is 49.7 Å². The SMILES string of the molecule is c1ccc(-c2ccc(-n3c4ccccc4c4ccc(N(c5ccccc5)c5cccc(-c6cc(N(c7ccccc7)c7ccccc7)cc(N(c7ccccc7)c7ccccc7)c6)c5)cc43)cc2)cc1. The molecule has 1 heterocycles. The third kappa shape index (κ3) is 8.14. The third-order valence-electron chi connectivity index (χ3n) is 13.1. The van der Waals surface area contributed by atoms with Crippen LogP contribution in [0.3, 0.4) is 0 Å². The predicted octanol–water partition coefficient (Wildman–Crippen LogP) is 18.5. The molecule has 0 unspecified atom stereocenters. The Bertz CT molecular complexity index is 3510. The maximum Gasteiger partial charge on any atom is 0.0561 e. The van der Waals surface area contributed by atoms with Crippen LogP contribution in [0.15, 0.2) is 291 Å². The molecule has 0 fully saturated rings. The second-order valence-electron chi connectivity index (χ2n) is 17.4. The lowest BCUT2D eigenvalue weighted by Crippen LogP contribution is -2.13. The van der Waals surface area contributed by atoms with Crippen LogP contribution >= 0.6 is 0 Å². The van der Waals surface area contributed by atoms with Gasteiger partial charge in [0.1, 0.15) is 0 Å². The van der Waals surface area contributed by atoms with Gasteiger partial charge in [-0.05, 0) is 144 Å². The van der Waals surface area contributed by atoms with Crippen molar-refractivity contribution in [2.75, 3.05) is 14.7 Å². The first kappa shape index (κ1) is 42.0. The fraction of sp³-hybridized carbons (Fsp3) is 0. The molecule has 0 radical (unpaired) electrons.